The Hall–Kier alpha value is -1.79. The molecular weight excluding hydrogens is 322 g/mol. The highest BCUT2D eigenvalue weighted by atomic mass is 35.5. The van der Waals surface area contributed by atoms with Gasteiger partial charge in [0.2, 0.25) is 0 Å². The Kier molecular flexibility index (Phi) is 8.43. The molecule has 1 rings (SSSR count). The Morgan fingerprint density at radius 1 is 1.35 bits per heavy atom. The van der Waals surface area contributed by atoms with E-state index in [1.54, 1.807) is 38.1 Å². The van der Waals surface area contributed by atoms with Crippen molar-refractivity contribution in [2.75, 3.05) is 26.3 Å². The van der Waals surface area contributed by atoms with Gasteiger partial charge in [-0.1, -0.05) is 23.7 Å². The van der Waals surface area contributed by atoms with E-state index in [1.807, 2.05) is 0 Å². The molecule has 128 valence electrons. The van der Waals surface area contributed by atoms with Crippen molar-refractivity contribution in [3.63, 3.8) is 0 Å². The lowest BCUT2D eigenvalue weighted by molar-refractivity contribution is -0.144. The molecule has 0 bridgehead atoms. The molecule has 0 aliphatic heterocycles. The zero-order chi connectivity index (χ0) is 17.2. The van der Waals surface area contributed by atoms with Gasteiger partial charge in [-0.15, -0.1) is 0 Å². The summed E-state index contributed by atoms with van der Waals surface area (Å²) in [6.45, 7) is 3.63. The second-order valence-electron chi connectivity index (χ2n) is 4.96. The Labute approximate surface area is 140 Å². The minimum absolute atomic E-state index is 0.0679. The normalized spacial score (nSPS) is 11.7. The van der Waals surface area contributed by atoms with E-state index >= 15 is 0 Å². The first-order valence-electron chi connectivity index (χ1n) is 7.42. The molecule has 1 aromatic rings. The summed E-state index contributed by atoms with van der Waals surface area (Å²) >= 11 is 5.96. The van der Waals surface area contributed by atoms with Crippen LogP contribution < -0.4 is 4.74 Å². The highest BCUT2D eigenvalue weighted by Gasteiger charge is 2.18. The molecule has 1 atom stereocenters. The van der Waals surface area contributed by atoms with Crippen LogP contribution >= 0.6 is 11.6 Å². The third kappa shape index (κ3) is 7.34. The van der Waals surface area contributed by atoms with Gasteiger partial charge >= 0.3 is 5.97 Å². The average Bonchev–Trinajstić information content (AvgIpc) is 2.50. The number of carbonyl (C=O) groups is 2. The van der Waals surface area contributed by atoms with Crippen LogP contribution in [0, 0.1) is 0 Å². The van der Waals surface area contributed by atoms with Gasteiger partial charge in [0.15, 0.2) is 6.61 Å². The molecule has 0 aliphatic carbocycles. The van der Waals surface area contributed by atoms with Crippen molar-refractivity contribution in [3.8, 4) is 5.75 Å². The third-order valence-corrected chi connectivity index (χ3v) is 3.23. The van der Waals surface area contributed by atoms with Crippen molar-refractivity contribution in [1.82, 2.24) is 4.90 Å². The van der Waals surface area contributed by atoms with Crippen LogP contribution in [0.3, 0.4) is 0 Å². The second-order valence-corrected chi connectivity index (χ2v) is 5.37. The molecule has 1 N–H and O–H groups in total. The first kappa shape index (κ1) is 19.3. The van der Waals surface area contributed by atoms with E-state index in [0.717, 1.165) is 0 Å². The second kappa shape index (κ2) is 10.1. The highest BCUT2D eigenvalue weighted by Crippen LogP contribution is 2.23. The third-order valence-electron chi connectivity index (χ3n) is 2.92. The smallest absolute Gasteiger partial charge is 0.307 e. The maximum Gasteiger partial charge on any atom is 0.307 e. The maximum atomic E-state index is 12.2. The molecule has 0 aliphatic rings. The molecule has 1 amide bonds. The van der Waals surface area contributed by atoms with E-state index in [0.29, 0.717) is 17.4 Å². The number of benzene rings is 1. The molecule has 0 fully saturated rings. The van der Waals surface area contributed by atoms with Crippen molar-refractivity contribution in [2.24, 2.45) is 0 Å². The lowest BCUT2D eigenvalue weighted by Crippen LogP contribution is -2.40. The SMILES string of the molecule is CCOC(=O)CCN(CC(C)O)C(=O)COc1ccccc1Cl. The van der Waals surface area contributed by atoms with E-state index < -0.39 is 6.10 Å². The van der Waals surface area contributed by atoms with Crippen LogP contribution in [0.25, 0.3) is 0 Å². The fourth-order valence-electron chi connectivity index (χ4n) is 1.89. The van der Waals surface area contributed by atoms with Gasteiger partial charge in [0, 0.05) is 13.1 Å². The molecule has 0 aromatic heterocycles. The zero-order valence-electron chi connectivity index (χ0n) is 13.3. The summed E-state index contributed by atoms with van der Waals surface area (Å²) in [5.74, 6) is -0.317. The number of ether oxygens (including phenoxy) is 2. The van der Waals surface area contributed by atoms with Crippen molar-refractivity contribution in [1.29, 1.82) is 0 Å². The summed E-state index contributed by atoms with van der Waals surface area (Å²) in [7, 11) is 0. The largest absolute Gasteiger partial charge is 0.482 e. The summed E-state index contributed by atoms with van der Waals surface area (Å²) < 4.78 is 10.2. The number of hydrogen-bond donors (Lipinski definition) is 1. The van der Waals surface area contributed by atoms with E-state index in [9.17, 15) is 14.7 Å². The van der Waals surface area contributed by atoms with Gasteiger partial charge < -0.3 is 19.5 Å². The molecule has 0 heterocycles. The highest BCUT2D eigenvalue weighted by molar-refractivity contribution is 6.32. The quantitative estimate of drug-likeness (QED) is 0.693. The molecule has 1 aromatic carbocycles. The molecule has 23 heavy (non-hydrogen) atoms. The van der Waals surface area contributed by atoms with Crippen molar-refractivity contribution >= 4 is 23.5 Å². The number of halogens is 1. The Morgan fingerprint density at radius 3 is 2.65 bits per heavy atom. The Morgan fingerprint density at radius 2 is 2.04 bits per heavy atom. The fourth-order valence-corrected chi connectivity index (χ4v) is 2.08. The summed E-state index contributed by atoms with van der Waals surface area (Å²) in [5, 5.41) is 9.91. The lowest BCUT2D eigenvalue weighted by Gasteiger charge is -2.23. The van der Waals surface area contributed by atoms with Gasteiger partial charge in [-0.2, -0.15) is 0 Å². The van der Waals surface area contributed by atoms with E-state index in [-0.39, 0.29) is 38.0 Å². The minimum atomic E-state index is -0.707. The van der Waals surface area contributed by atoms with Gasteiger partial charge in [-0.05, 0) is 26.0 Å². The molecule has 1 unspecified atom stereocenters. The number of hydrogen-bond acceptors (Lipinski definition) is 5. The van der Waals surface area contributed by atoms with Gasteiger partial charge in [0.05, 0.1) is 24.2 Å². The van der Waals surface area contributed by atoms with Gasteiger partial charge in [-0.25, -0.2) is 0 Å². The molecule has 0 radical (unpaired) electrons. The molecule has 0 saturated carbocycles. The number of para-hydroxylation sites is 1. The number of rotatable bonds is 9. The van der Waals surface area contributed by atoms with E-state index in [2.05, 4.69) is 0 Å². The average molecular weight is 344 g/mol. The van der Waals surface area contributed by atoms with Crippen LogP contribution in [0.5, 0.6) is 5.75 Å². The molecule has 0 saturated heterocycles. The van der Waals surface area contributed by atoms with Crippen LogP contribution in [0.1, 0.15) is 20.3 Å². The maximum absolute atomic E-state index is 12.2. The van der Waals surface area contributed by atoms with Crippen LogP contribution in [-0.2, 0) is 14.3 Å². The number of nitrogens with zero attached hydrogens (tertiary/aromatic N) is 1. The van der Waals surface area contributed by atoms with E-state index in [4.69, 9.17) is 21.1 Å². The van der Waals surface area contributed by atoms with Crippen LogP contribution in [0.15, 0.2) is 24.3 Å². The molecule has 6 nitrogen and oxygen atoms in total. The van der Waals surface area contributed by atoms with Gasteiger partial charge in [0.25, 0.3) is 5.91 Å². The summed E-state index contributed by atoms with van der Waals surface area (Å²) in [4.78, 5) is 25.0. The predicted molar refractivity (Wildman–Crippen MR) is 86.5 cm³/mol. The number of aliphatic hydroxyl groups excluding tert-OH is 1. The van der Waals surface area contributed by atoms with Crippen molar-refractivity contribution in [3.05, 3.63) is 29.3 Å². The standard InChI is InChI=1S/C16H22ClNO5/c1-3-22-16(21)8-9-18(10-12(2)19)15(20)11-23-14-7-5-4-6-13(14)17/h4-7,12,19H,3,8-11H2,1-2H3. The monoisotopic (exact) mass is 343 g/mol. The number of carbonyl (C=O) groups excluding carboxylic acids is 2. The summed E-state index contributed by atoms with van der Waals surface area (Å²) in [6.07, 6.45) is -0.639. The Balaban J connectivity index is 2.57. The van der Waals surface area contributed by atoms with Gasteiger partial charge in [-0.3, -0.25) is 9.59 Å². The molecule has 0 spiro atoms. The topological polar surface area (TPSA) is 76.1 Å². The summed E-state index contributed by atoms with van der Waals surface area (Å²) in [6, 6.07) is 6.83. The first-order chi connectivity index (χ1) is 10.9. The predicted octanol–water partition coefficient (Wildman–Crippen LogP) is 1.88. The van der Waals surface area contributed by atoms with Crippen molar-refractivity contribution < 1.29 is 24.2 Å². The molecular formula is C16H22ClNO5. The van der Waals surface area contributed by atoms with Crippen LogP contribution in [0.2, 0.25) is 5.02 Å². The van der Waals surface area contributed by atoms with Crippen molar-refractivity contribution in [2.45, 2.75) is 26.4 Å². The number of amides is 1. The fraction of sp³-hybridized carbons (Fsp3) is 0.500. The van der Waals surface area contributed by atoms with Gasteiger partial charge in [0.1, 0.15) is 5.75 Å². The Bertz CT molecular complexity index is 521. The number of esters is 1. The summed E-state index contributed by atoms with van der Waals surface area (Å²) in [5.41, 5.74) is 0. The van der Waals surface area contributed by atoms with Crippen LogP contribution in [0.4, 0.5) is 0 Å². The van der Waals surface area contributed by atoms with Crippen LogP contribution in [-0.4, -0.2) is 54.3 Å². The lowest BCUT2D eigenvalue weighted by atomic mass is 10.3. The van der Waals surface area contributed by atoms with E-state index in [1.165, 1.54) is 4.90 Å². The number of aliphatic hydroxyl groups is 1. The minimum Gasteiger partial charge on any atom is -0.482 e. The molecule has 7 heteroatoms. The zero-order valence-corrected chi connectivity index (χ0v) is 14.1. The first-order valence-corrected chi connectivity index (χ1v) is 7.80.